The molecule has 0 N–H and O–H groups in total. The van der Waals surface area contributed by atoms with Crippen molar-refractivity contribution in [2.75, 3.05) is 20.6 Å². The predicted molar refractivity (Wildman–Crippen MR) is 141 cm³/mol. The smallest absolute Gasteiger partial charge is 0.104 e. The normalized spacial score (nSPS) is 11.8. The maximum atomic E-state index is 3.56. The van der Waals surface area contributed by atoms with Crippen molar-refractivity contribution in [2.24, 2.45) is 0 Å². The number of benzene rings is 1. The van der Waals surface area contributed by atoms with Gasteiger partial charge in [-0.1, -0.05) is 139 Å². The molecule has 1 aromatic carbocycles. The number of unbranched alkanes of at least 4 members (excludes halogenated alkanes) is 17. The van der Waals surface area contributed by atoms with Crippen molar-refractivity contribution in [1.29, 1.82) is 0 Å². The third-order valence-electron chi connectivity index (χ3n) is 6.64. The maximum Gasteiger partial charge on any atom is 0.104 e. The van der Waals surface area contributed by atoms with Gasteiger partial charge in [-0.2, -0.15) is 0 Å². The molecule has 0 aliphatic rings. The van der Waals surface area contributed by atoms with Crippen LogP contribution in [0.25, 0.3) is 0 Å². The van der Waals surface area contributed by atoms with E-state index in [4.69, 9.17) is 0 Å². The van der Waals surface area contributed by atoms with Gasteiger partial charge in [0.05, 0.1) is 20.6 Å². The van der Waals surface area contributed by atoms with Crippen LogP contribution in [0.1, 0.15) is 121 Å². The van der Waals surface area contributed by atoms with Gasteiger partial charge in [0, 0.05) is 15.8 Å². The molecule has 0 saturated carbocycles. The number of rotatable bonds is 22. The van der Waals surface area contributed by atoms with Crippen LogP contribution < -0.4 is 0 Å². The minimum absolute atomic E-state index is 1.11. The molecule has 0 aromatic heterocycles. The van der Waals surface area contributed by atoms with Crippen LogP contribution in [0.2, 0.25) is 6.04 Å². The molecule has 0 fully saturated rings. The Labute approximate surface area is 199 Å². The van der Waals surface area contributed by atoms with Gasteiger partial charge in [-0.3, -0.25) is 0 Å². The Balaban J connectivity index is 1.78. The van der Waals surface area contributed by atoms with Gasteiger partial charge < -0.3 is 4.48 Å². The Bertz CT molecular complexity index is 485. The first-order valence-electron chi connectivity index (χ1n) is 13.6. The van der Waals surface area contributed by atoms with Crippen molar-refractivity contribution >= 4 is 10.2 Å². The van der Waals surface area contributed by atoms with E-state index in [-0.39, 0.29) is 0 Å². The van der Waals surface area contributed by atoms with E-state index in [1.165, 1.54) is 134 Å². The van der Waals surface area contributed by atoms with E-state index in [1.54, 1.807) is 0 Å². The van der Waals surface area contributed by atoms with Crippen LogP contribution in [0, 0.1) is 0 Å². The van der Waals surface area contributed by atoms with E-state index >= 15 is 0 Å². The van der Waals surface area contributed by atoms with Crippen molar-refractivity contribution in [3.05, 3.63) is 35.9 Å². The van der Waals surface area contributed by atoms with Crippen LogP contribution in [-0.4, -0.2) is 35.4 Å². The Morgan fingerprint density at radius 2 is 0.871 bits per heavy atom. The van der Waals surface area contributed by atoms with E-state index in [0.717, 1.165) is 11.0 Å². The predicted octanol–water partition coefficient (Wildman–Crippen LogP) is 8.87. The molecule has 2 heteroatoms. The Kier molecular flexibility index (Phi) is 18.4. The highest BCUT2D eigenvalue weighted by Crippen LogP contribution is 2.15. The molecular weight excluding hydrogens is 390 g/mol. The Morgan fingerprint density at radius 1 is 0.516 bits per heavy atom. The summed E-state index contributed by atoms with van der Waals surface area (Å²) in [5.74, 6) is 0. The van der Waals surface area contributed by atoms with Crippen LogP contribution in [0.3, 0.4) is 0 Å². The second-order valence-electron chi connectivity index (χ2n) is 10.4. The van der Waals surface area contributed by atoms with Gasteiger partial charge in [0.1, 0.15) is 6.54 Å². The number of nitrogens with zero attached hydrogens (tertiary/aromatic N) is 1. The lowest BCUT2D eigenvalue weighted by Crippen LogP contribution is -2.39. The zero-order valence-electron chi connectivity index (χ0n) is 21.2. The third-order valence-corrected chi connectivity index (χ3v) is 7.00. The largest absolute Gasteiger partial charge is 0.325 e. The van der Waals surface area contributed by atoms with Gasteiger partial charge in [-0.25, -0.2) is 0 Å². The molecule has 0 spiro atoms. The summed E-state index contributed by atoms with van der Waals surface area (Å²) in [6.07, 6.45) is 26.0. The topological polar surface area (TPSA) is 0 Å². The van der Waals surface area contributed by atoms with Crippen molar-refractivity contribution in [1.82, 2.24) is 0 Å². The van der Waals surface area contributed by atoms with Crippen LogP contribution in [0.4, 0.5) is 0 Å². The van der Waals surface area contributed by atoms with Crippen molar-refractivity contribution < 1.29 is 4.48 Å². The van der Waals surface area contributed by atoms with E-state index in [1.807, 2.05) is 0 Å². The molecule has 1 rings (SSSR count). The minimum atomic E-state index is 1.11. The van der Waals surface area contributed by atoms with E-state index in [0.29, 0.717) is 0 Å². The van der Waals surface area contributed by atoms with Crippen molar-refractivity contribution in [2.45, 2.75) is 128 Å². The first-order valence-corrected chi connectivity index (χ1v) is 14.4. The maximum absolute atomic E-state index is 3.56. The standard InChI is InChI=1S/C29H53NSi/c1-30(2,28-29-24-20-19-21-25-29)26-22-17-15-13-11-9-7-5-3-4-6-8-10-12-14-16-18-23-27-31/h19-21,24-25H,3-18,22-23,26-28H2,1-2H3/q+1. The van der Waals surface area contributed by atoms with Gasteiger partial charge in [-0.05, 0) is 12.8 Å². The van der Waals surface area contributed by atoms with Crippen LogP contribution >= 0.6 is 0 Å². The first-order chi connectivity index (χ1) is 15.1. The molecule has 1 aromatic rings. The molecule has 0 atom stereocenters. The highest BCUT2D eigenvalue weighted by molar-refractivity contribution is 6.08. The van der Waals surface area contributed by atoms with E-state index < -0.39 is 0 Å². The molecule has 1 nitrogen and oxygen atoms in total. The van der Waals surface area contributed by atoms with E-state index in [9.17, 15) is 0 Å². The molecule has 0 aliphatic carbocycles. The van der Waals surface area contributed by atoms with Crippen LogP contribution in [0.5, 0.6) is 0 Å². The molecule has 3 radical (unpaired) electrons. The molecule has 0 amide bonds. The lowest BCUT2D eigenvalue weighted by Gasteiger charge is -2.30. The molecular formula is C29H53NSi+. The Hall–Kier alpha value is -0.603. The van der Waals surface area contributed by atoms with E-state index in [2.05, 4.69) is 54.7 Å². The number of hydrogen-bond acceptors (Lipinski definition) is 0. The SMILES string of the molecule is C[N+](C)(CCCCCCCCCCCCCCCCCCCC[Si])Cc1ccccc1. The molecule has 0 saturated heterocycles. The number of hydrogen-bond donors (Lipinski definition) is 0. The molecule has 177 valence electrons. The van der Waals surface area contributed by atoms with Crippen molar-refractivity contribution in [3.8, 4) is 0 Å². The highest BCUT2D eigenvalue weighted by atomic mass is 28.1. The van der Waals surface area contributed by atoms with Gasteiger partial charge >= 0.3 is 0 Å². The minimum Gasteiger partial charge on any atom is -0.325 e. The third kappa shape index (κ3) is 18.6. The number of quaternary nitrogens is 1. The summed E-state index contributed by atoms with van der Waals surface area (Å²) in [4.78, 5) is 0. The lowest BCUT2D eigenvalue weighted by molar-refractivity contribution is -0.903. The molecule has 0 aliphatic heterocycles. The first kappa shape index (κ1) is 28.4. The summed E-state index contributed by atoms with van der Waals surface area (Å²) < 4.78 is 1.11. The average Bonchev–Trinajstić information content (AvgIpc) is 2.75. The fourth-order valence-electron chi connectivity index (χ4n) is 4.65. The Morgan fingerprint density at radius 3 is 1.26 bits per heavy atom. The summed E-state index contributed by atoms with van der Waals surface area (Å²) in [6, 6.07) is 12.1. The van der Waals surface area contributed by atoms with Gasteiger partial charge in [-0.15, -0.1) is 0 Å². The summed E-state index contributed by atoms with van der Waals surface area (Å²) in [7, 11) is 8.31. The van der Waals surface area contributed by atoms with Crippen LogP contribution in [0.15, 0.2) is 30.3 Å². The summed E-state index contributed by atoms with van der Waals surface area (Å²) in [5.41, 5.74) is 1.46. The summed E-state index contributed by atoms with van der Waals surface area (Å²) >= 11 is 0. The van der Waals surface area contributed by atoms with Gasteiger partial charge in [0.2, 0.25) is 0 Å². The monoisotopic (exact) mass is 443 g/mol. The van der Waals surface area contributed by atoms with Crippen molar-refractivity contribution in [3.63, 3.8) is 0 Å². The summed E-state index contributed by atoms with van der Waals surface area (Å²) in [6.45, 7) is 2.45. The average molecular weight is 444 g/mol. The fourth-order valence-corrected chi connectivity index (χ4v) is 4.90. The second-order valence-corrected chi connectivity index (χ2v) is 10.9. The second kappa shape index (κ2) is 20.0. The molecule has 0 bridgehead atoms. The molecule has 0 unspecified atom stereocenters. The van der Waals surface area contributed by atoms with Crippen LogP contribution in [-0.2, 0) is 6.54 Å². The highest BCUT2D eigenvalue weighted by Gasteiger charge is 2.14. The molecule has 31 heavy (non-hydrogen) atoms. The fraction of sp³-hybridized carbons (Fsp3) is 0.793. The quantitative estimate of drug-likeness (QED) is 0.0953. The summed E-state index contributed by atoms with van der Waals surface area (Å²) in [5, 5.41) is 0. The lowest BCUT2D eigenvalue weighted by atomic mass is 10.0. The zero-order valence-corrected chi connectivity index (χ0v) is 22.2. The van der Waals surface area contributed by atoms with Gasteiger partial charge in [0.15, 0.2) is 0 Å². The van der Waals surface area contributed by atoms with Gasteiger partial charge in [0.25, 0.3) is 0 Å². The molecule has 0 heterocycles. The zero-order chi connectivity index (χ0) is 22.5.